The van der Waals surface area contributed by atoms with Gasteiger partial charge in [0.25, 0.3) is 0 Å². The Morgan fingerprint density at radius 1 is 1.32 bits per heavy atom. The van der Waals surface area contributed by atoms with Crippen LogP contribution >= 0.6 is 0 Å². The number of hydrazine groups is 1. The van der Waals surface area contributed by atoms with Gasteiger partial charge in [0.1, 0.15) is 17.6 Å². The first-order chi connectivity index (χ1) is 15.0. The highest BCUT2D eigenvalue weighted by molar-refractivity contribution is 5.78. The Kier molecular flexibility index (Phi) is 7.35. The molecule has 2 amide bonds. The van der Waals surface area contributed by atoms with Gasteiger partial charge < -0.3 is 9.64 Å². The summed E-state index contributed by atoms with van der Waals surface area (Å²) in [6, 6.07) is 9.43. The van der Waals surface area contributed by atoms with Gasteiger partial charge in [0.15, 0.2) is 0 Å². The maximum absolute atomic E-state index is 14.3. The van der Waals surface area contributed by atoms with E-state index in [2.05, 4.69) is 15.3 Å². The summed E-state index contributed by atoms with van der Waals surface area (Å²) in [5, 5.41) is 9.97. The molecule has 2 heterocycles. The van der Waals surface area contributed by atoms with Crippen molar-refractivity contribution in [2.24, 2.45) is 0 Å². The molecule has 0 saturated carbocycles. The number of halogens is 1. The van der Waals surface area contributed by atoms with Crippen LogP contribution in [0.5, 0.6) is 0 Å². The molecule has 1 aromatic heterocycles. The Morgan fingerprint density at radius 3 is 2.71 bits per heavy atom. The second-order valence-electron chi connectivity index (χ2n) is 6.91. The Bertz CT molecular complexity index is 955. The van der Waals surface area contributed by atoms with Crippen molar-refractivity contribution < 1.29 is 18.7 Å². The van der Waals surface area contributed by atoms with E-state index in [0.29, 0.717) is 62.7 Å². The molecule has 1 N–H and O–H groups in total. The van der Waals surface area contributed by atoms with Gasteiger partial charge in [-0.2, -0.15) is 5.26 Å². The lowest BCUT2D eigenvalue weighted by Crippen LogP contribution is -2.48. The monoisotopic (exact) mass is 426 g/mol. The van der Waals surface area contributed by atoms with Crippen LogP contribution in [0.4, 0.5) is 20.6 Å². The van der Waals surface area contributed by atoms with Crippen molar-refractivity contribution in [1.82, 2.24) is 14.8 Å². The molecular weight excluding hydrogens is 403 g/mol. The highest BCUT2D eigenvalue weighted by Gasteiger charge is 2.22. The van der Waals surface area contributed by atoms with E-state index in [1.807, 2.05) is 6.07 Å². The molecule has 3 rings (SSSR count). The molecule has 10 heteroatoms. The number of hydrogen-bond acceptors (Lipinski definition) is 7. The van der Waals surface area contributed by atoms with Crippen molar-refractivity contribution in [3.05, 3.63) is 53.6 Å². The summed E-state index contributed by atoms with van der Waals surface area (Å²) in [5.74, 6) is -0.468. The van der Waals surface area contributed by atoms with Gasteiger partial charge in [0.05, 0.1) is 24.2 Å². The number of amides is 2. The molecule has 31 heavy (non-hydrogen) atoms. The highest BCUT2D eigenvalue weighted by atomic mass is 19.1. The average molecular weight is 426 g/mol. The van der Waals surface area contributed by atoms with E-state index >= 15 is 0 Å². The smallest absolute Gasteiger partial charge is 0.409 e. The summed E-state index contributed by atoms with van der Waals surface area (Å²) in [6.07, 6.45) is 1.63. The van der Waals surface area contributed by atoms with Crippen molar-refractivity contribution >= 4 is 23.9 Å². The number of carbonyl (C=O) groups is 2. The summed E-state index contributed by atoms with van der Waals surface area (Å²) < 4.78 is 19.3. The minimum absolute atomic E-state index is 0.249. The van der Waals surface area contributed by atoms with Crippen LogP contribution in [0.1, 0.15) is 18.2 Å². The van der Waals surface area contributed by atoms with Crippen LogP contribution in [0.25, 0.3) is 0 Å². The first kappa shape index (κ1) is 22.0. The number of pyridine rings is 1. The molecule has 2 aromatic rings. The van der Waals surface area contributed by atoms with Crippen molar-refractivity contribution in [2.75, 3.05) is 43.2 Å². The first-order valence-electron chi connectivity index (χ1n) is 9.83. The molecule has 1 aliphatic heterocycles. The summed E-state index contributed by atoms with van der Waals surface area (Å²) in [7, 11) is 0. The van der Waals surface area contributed by atoms with Gasteiger partial charge in [-0.3, -0.25) is 15.1 Å². The number of anilines is 2. The van der Waals surface area contributed by atoms with Gasteiger partial charge in [-0.1, -0.05) is 0 Å². The number of carbonyl (C=O) groups excluding carboxylic acids is 2. The molecule has 0 bridgehead atoms. The molecule has 0 atom stereocenters. The van der Waals surface area contributed by atoms with E-state index in [0.717, 1.165) is 5.01 Å². The van der Waals surface area contributed by atoms with Gasteiger partial charge in [-0.05, 0) is 42.8 Å². The zero-order valence-electron chi connectivity index (χ0n) is 17.1. The predicted octanol–water partition coefficient (Wildman–Crippen LogP) is 2.36. The number of aromatic nitrogens is 1. The molecule has 0 aliphatic carbocycles. The van der Waals surface area contributed by atoms with Crippen LogP contribution in [0.2, 0.25) is 0 Å². The van der Waals surface area contributed by atoms with Crippen LogP contribution in [0, 0.1) is 17.1 Å². The van der Waals surface area contributed by atoms with Crippen LogP contribution in [-0.2, 0) is 16.1 Å². The third-order valence-electron chi connectivity index (χ3n) is 4.76. The lowest BCUT2D eigenvalue weighted by atomic mass is 10.1. The second-order valence-corrected chi connectivity index (χ2v) is 6.91. The number of nitrogens with zero attached hydrogens (tertiary/aromatic N) is 5. The van der Waals surface area contributed by atoms with E-state index < -0.39 is 5.82 Å². The fourth-order valence-corrected chi connectivity index (χ4v) is 3.24. The van der Waals surface area contributed by atoms with Gasteiger partial charge in [0, 0.05) is 32.7 Å². The molecule has 0 unspecified atom stereocenters. The Labute approximate surface area is 179 Å². The molecule has 0 radical (unpaired) electrons. The van der Waals surface area contributed by atoms with Crippen LogP contribution in [-0.4, -0.2) is 60.1 Å². The SMILES string of the molecule is CCOC(=O)N1CCN(Cc2cc(F)cc(N(C=O)Nc3ccc(C#N)nc3)c2)CC1. The number of ether oxygens (including phenoxy) is 1. The summed E-state index contributed by atoms with van der Waals surface area (Å²) in [4.78, 5) is 31.1. The number of rotatable bonds is 7. The number of nitrogens with one attached hydrogen (secondary N) is 1. The molecule has 9 nitrogen and oxygen atoms in total. The van der Waals surface area contributed by atoms with Crippen molar-refractivity contribution in [3.8, 4) is 6.07 Å². The normalized spacial score (nSPS) is 13.9. The Hall–Kier alpha value is -3.71. The van der Waals surface area contributed by atoms with Crippen LogP contribution < -0.4 is 10.4 Å². The topological polar surface area (TPSA) is 102 Å². The first-order valence-corrected chi connectivity index (χ1v) is 9.83. The maximum atomic E-state index is 14.3. The summed E-state index contributed by atoms with van der Waals surface area (Å²) in [5.41, 5.74) is 4.60. The van der Waals surface area contributed by atoms with Crippen LogP contribution in [0.15, 0.2) is 36.5 Å². The van der Waals surface area contributed by atoms with E-state index in [-0.39, 0.29) is 11.8 Å². The number of benzene rings is 1. The van der Waals surface area contributed by atoms with E-state index in [1.165, 1.54) is 24.4 Å². The molecular formula is C21H23FN6O3. The van der Waals surface area contributed by atoms with E-state index in [4.69, 9.17) is 10.00 Å². The largest absolute Gasteiger partial charge is 0.450 e. The van der Waals surface area contributed by atoms with Crippen LogP contribution in [0.3, 0.4) is 0 Å². The molecule has 1 aromatic carbocycles. The van der Waals surface area contributed by atoms with E-state index in [9.17, 15) is 14.0 Å². The summed E-state index contributed by atoms with van der Waals surface area (Å²) >= 11 is 0. The van der Waals surface area contributed by atoms with Crippen molar-refractivity contribution in [2.45, 2.75) is 13.5 Å². The third kappa shape index (κ3) is 5.90. The van der Waals surface area contributed by atoms with Gasteiger partial charge >= 0.3 is 6.09 Å². The molecule has 1 aliphatic rings. The zero-order chi connectivity index (χ0) is 22.2. The fourth-order valence-electron chi connectivity index (χ4n) is 3.24. The molecule has 162 valence electrons. The van der Waals surface area contributed by atoms with Gasteiger partial charge in [-0.25, -0.2) is 19.2 Å². The number of nitriles is 1. The lowest BCUT2D eigenvalue weighted by Gasteiger charge is -2.34. The minimum Gasteiger partial charge on any atom is -0.450 e. The van der Waals surface area contributed by atoms with E-state index in [1.54, 1.807) is 24.0 Å². The molecule has 1 fully saturated rings. The number of hydrogen-bond donors (Lipinski definition) is 1. The average Bonchev–Trinajstić information content (AvgIpc) is 2.78. The lowest BCUT2D eigenvalue weighted by molar-refractivity contribution is -0.107. The second kappa shape index (κ2) is 10.4. The molecule has 1 saturated heterocycles. The Morgan fingerprint density at radius 2 is 2.10 bits per heavy atom. The third-order valence-corrected chi connectivity index (χ3v) is 4.76. The summed E-state index contributed by atoms with van der Waals surface area (Å²) in [6.45, 7) is 4.93. The Balaban J connectivity index is 1.65. The van der Waals surface area contributed by atoms with Gasteiger partial charge in [-0.15, -0.1) is 0 Å². The van der Waals surface area contributed by atoms with Crippen molar-refractivity contribution in [1.29, 1.82) is 5.26 Å². The maximum Gasteiger partial charge on any atom is 0.409 e. The predicted molar refractivity (Wildman–Crippen MR) is 111 cm³/mol. The highest BCUT2D eigenvalue weighted by Crippen LogP contribution is 2.21. The minimum atomic E-state index is -0.468. The fraction of sp³-hybridized carbons (Fsp3) is 0.333. The quantitative estimate of drug-likeness (QED) is 0.536. The standard InChI is InChI=1S/C21H23FN6O3/c1-2-31-21(30)27-7-5-26(6-8-27)14-16-9-17(22)11-20(10-16)28(15-29)25-19-4-3-18(12-23)24-13-19/h3-4,9-11,13,15,25H,2,5-8,14H2,1H3. The van der Waals surface area contributed by atoms with Crippen molar-refractivity contribution in [3.63, 3.8) is 0 Å². The number of piperazine rings is 1. The zero-order valence-corrected chi connectivity index (χ0v) is 17.1. The van der Waals surface area contributed by atoms with Gasteiger partial charge in [0.2, 0.25) is 6.41 Å². The molecule has 0 spiro atoms.